The van der Waals surface area contributed by atoms with Crippen molar-refractivity contribution in [3.63, 3.8) is 0 Å². The van der Waals surface area contributed by atoms with Crippen LogP contribution in [0.1, 0.15) is 47.8 Å². The summed E-state index contributed by atoms with van der Waals surface area (Å²) < 4.78 is 53.2. The quantitative estimate of drug-likeness (QED) is 0.350. The van der Waals surface area contributed by atoms with Gasteiger partial charge in [-0.1, -0.05) is 102 Å². The minimum absolute atomic E-state index is 0.490. The Bertz CT molecular complexity index is 1590. The fraction of sp³-hybridized carbons (Fsp3) is 0.469. The van der Waals surface area contributed by atoms with Gasteiger partial charge in [0.15, 0.2) is 14.4 Å². The molecule has 0 saturated carbocycles. The number of aromatic nitrogens is 2. The molecule has 1 N–H and O–H groups in total. The molecule has 4 rings (SSSR count). The Kier molecular flexibility index (Phi) is 8.89. The number of rotatable bonds is 8. The monoisotopic (exact) mass is 641 g/mol. The van der Waals surface area contributed by atoms with E-state index in [-0.39, 0.29) is 0 Å². The van der Waals surface area contributed by atoms with Crippen molar-refractivity contribution in [1.29, 1.82) is 5.26 Å². The number of nitrogens with zero attached hydrogens (tertiary/aromatic N) is 2. The van der Waals surface area contributed by atoms with Gasteiger partial charge in [-0.15, -0.1) is 0 Å². The van der Waals surface area contributed by atoms with Crippen LogP contribution in [0.25, 0.3) is 0 Å². The summed E-state index contributed by atoms with van der Waals surface area (Å²) in [6.07, 6.45) is -3.37. The summed E-state index contributed by atoms with van der Waals surface area (Å²) >= 11 is 0. The predicted molar refractivity (Wildman–Crippen MR) is 170 cm³/mol. The summed E-state index contributed by atoms with van der Waals surface area (Å²) in [4.78, 5) is 26.5. The zero-order chi connectivity index (χ0) is 32.8. The van der Waals surface area contributed by atoms with E-state index in [0.29, 0.717) is 4.57 Å². The van der Waals surface area contributed by atoms with Crippen LogP contribution in [-0.2, 0) is 13.6 Å². The largest absolute Gasteiger partial charge is 0.404 e. The van der Waals surface area contributed by atoms with Gasteiger partial charge in [0.1, 0.15) is 6.07 Å². The maximum atomic E-state index is 16.7. The molecular formula is C32H41F2N3O5Si2. The molecule has 1 aliphatic heterocycles. The van der Waals surface area contributed by atoms with E-state index in [1.54, 1.807) is 0 Å². The van der Waals surface area contributed by atoms with Crippen LogP contribution >= 0.6 is 0 Å². The van der Waals surface area contributed by atoms with Gasteiger partial charge in [-0.3, -0.25) is 14.3 Å². The molecule has 2 aromatic carbocycles. The highest BCUT2D eigenvalue weighted by Crippen LogP contribution is 2.52. The first-order chi connectivity index (χ1) is 20.3. The van der Waals surface area contributed by atoms with Crippen LogP contribution in [0.3, 0.4) is 0 Å². The average molecular weight is 642 g/mol. The first-order valence-corrected chi connectivity index (χ1v) is 19.4. The zero-order valence-corrected chi connectivity index (χ0v) is 28.5. The van der Waals surface area contributed by atoms with E-state index in [4.69, 9.17) is 13.6 Å². The van der Waals surface area contributed by atoms with Gasteiger partial charge in [-0.05, 0) is 33.5 Å². The molecule has 2 heterocycles. The predicted octanol–water partition coefficient (Wildman–Crippen LogP) is 4.93. The molecule has 1 aromatic heterocycles. The molecule has 0 unspecified atom stereocenters. The van der Waals surface area contributed by atoms with E-state index in [1.807, 2.05) is 126 Å². The second-order valence-corrected chi connectivity index (χ2v) is 22.9. The number of nitriles is 1. The molecule has 0 amide bonds. The molecule has 12 heteroatoms. The van der Waals surface area contributed by atoms with Crippen LogP contribution in [0.5, 0.6) is 0 Å². The minimum atomic E-state index is -3.86. The van der Waals surface area contributed by atoms with Gasteiger partial charge in [0.25, 0.3) is 13.9 Å². The van der Waals surface area contributed by atoms with E-state index >= 15 is 8.78 Å². The Hall–Kier alpha value is -3.22. The third-order valence-corrected chi connectivity index (χ3v) is 18.3. The van der Waals surface area contributed by atoms with Crippen molar-refractivity contribution >= 4 is 27.0 Å². The first-order valence-electron chi connectivity index (χ1n) is 14.5. The summed E-state index contributed by atoms with van der Waals surface area (Å²) in [5, 5.41) is 11.5. The summed E-state index contributed by atoms with van der Waals surface area (Å²) in [6, 6.07) is 22.2. The number of ether oxygens (including phenoxy) is 1. The lowest BCUT2D eigenvalue weighted by molar-refractivity contribution is -0.140. The van der Waals surface area contributed by atoms with Crippen molar-refractivity contribution in [1.82, 2.24) is 9.55 Å². The third kappa shape index (κ3) is 5.79. The summed E-state index contributed by atoms with van der Waals surface area (Å²) in [7, 11) is -6.26. The van der Waals surface area contributed by atoms with E-state index < -0.39 is 68.4 Å². The maximum absolute atomic E-state index is 16.7. The van der Waals surface area contributed by atoms with Gasteiger partial charge in [0.05, 0.1) is 6.61 Å². The molecule has 3 atom stereocenters. The lowest BCUT2D eigenvalue weighted by atomic mass is 9.97. The fourth-order valence-electron chi connectivity index (χ4n) is 5.48. The highest BCUT2D eigenvalue weighted by atomic mass is 28.4. The summed E-state index contributed by atoms with van der Waals surface area (Å²) in [6.45, 7) is 14.9. The van der Waals surface area contributed by atoms with Crippen LogP contribution in [0.4, 0.5) is 8.78 Å². The Balaban J connectivity index is 1.92. The molecular weight excluding hydrogens is 601 g/mol. The van der Waals surface area contributed by atoms with Crippen LogP contribution < -0.4 is 21.6 Å². The lowest BCUT2D eigenvalue weighted by Gasteiger charge is -2.45. The molecule has 0 aliphatic carbocycles. The number of aromatic amines is 1. The first kappa shape index (κ1) is 33.7. The van der Waals surface area contributed by atoms with Gasteiger partial charge in [0, 0.05) is 12.3 Å². The Labute approximate surface area is 258 Å². The molecule has 3 aromatic rings. The number of H-pyrrole nitrogens is 1. The number of hydrogen-bond acceptors (Lipinski definition) is 6. The smallest absolute Gasteiger partial charge is 0.330 e. The number of benzene rings is 2. The standard InChI is InChI=1S/C32H41F2N3O5Si2/c1-29(2,3)43(7,8)42-26-31(21-35,41-27(32(26,33)34)37-20-19-25(38)36-28(37)39)22-40-44(30(4,5)6,23-15-11-9-12-16-23)24-17-13-10-14-18-24/h9-20,26-27H,22H2,1-8H3,(H,36,38,39)/t26-,27-,31-/m1/s1. The molecule has 0 bridgehead atoms. The number of halogens is 2. The van der Waals surface area contributed by atoms with Crippen molar-refractivity contribution in [2.24, 2.45) is 0 Å². The van der Waals surface area contributed by atoms with Crippen molar-refractivity contribution in [2.45, 2.75) is 88.6 Å². The van der Waals surface area contributed by atoms with E-state index in [0.717, 1.165) is 22.6 Å². The molecule has 1 fully saturated rings. The SMILES string of the molecule is CC(C)(C)[Si](C)(C)O[C@H]1C(F)(F)[C@H](n2ccc(=O)[nH]c2=O)O[C@]1(C#N)CO[Si](c1ccccc1)(c1ccccc1)C(C)(C)C. The number of nitrogens with one attached hydrogen (secondary N) is 1. The fourth-order valence-corrected chi connectivity index (χ4v) is 11.4. The number of hydrogen-bond donors (Lipinski definition) is 1. The normalized spacial score (nSPS) is 22.5. The van der Waals surface area contributed by atoms with Crippen molar-refractivity contribution in [3.05, 3.63) is 93.8 Å². The minimum Gasteiger partial charge on any atom is -0.404 e. The molecule has 44 heavy (non-hydrogen) atoms. The van der Waals surface area contributed by atoms with Gasteiger partial charge >= 0.3 is 11.6 Å². The van der Waals surface area contributed by atoms with Crippen LogP contribution in [0, 0.1) is 11.3 Å². The Morgan fingerprint density at radius 1 is 0.932 bits per heavy atom. The maximum Gasteiger partial charge on any atom is 0.330 e. The molecule has 8 nitrogen and oxygen atoms in total. The van der Waals surface area contributed by atoms with Gasteiger partial charge in [0.2, 0.25) is 11.8 Å². The summed E-state index contributed by atoms with van der Waals surface area (Å²) in [5.41, 5.74) is -4.15. The molecule has 236 valence electrons. The topological polar surface area (TPSA) is 106 Å². The Morgan fingerprint density at radius 2 is 1.45 bits per heavy atom. The van der Waals surface area contributed by atoms with Crippen molar-refractivity contribution in [2.75, 3.05) is 6.61 Å². The lowest BCUT2D eigenvalue weighted by Crippen LogP contribution is -2.68. The van der Waals surface area contributed by atoms with Gasteiger partial charge in [-0.2, -0.15) is 14.0 Å². The van der Waals surface area contributed by atoms with E-state index in [9.17, 15) is 14.9 Å². The Morgan fingerprint density at radius 3 is 1.89 bits per heavy atom. The molecule has 1 saturated heterocycles. The highest BCUT2D eigenvalue weighted by Gasteiger charge is 2.71. The highest BCUT2D eigenvalue weighted by molar-refractivity contribution is 6.99. The van der Waals surface area contributed by atoms with Crippen molar-refractivity contribution in [3.8, 4) is 6.07 Å². The second-order valence-electron chi connectivity index (χ2n) is 13.9. The van der Waals surface area contributed by atoms with E-state index in [1.165, 1.54) is 0 Å². The molecule has 0 radical (unpaired) electrons. The van der Waals surface area contributed by atoms with Gasteiger partial charge < -0.3 is 13.6 Å². The molecule has 0 spiro atoms. The van der Waals surface area contributed by atoms with E-state index in [2.05, 4.69) is 0 Å². The summed E-state index contributed by atoms with van der Waals surface area (Å²) in [5.74, 6) is -3.86. The van der Waals surface area contributed by atoms with Crippen LogP contribution in [0.2, 0.25) is 23.2 Å². The van der Waals surface area contributed by atoms with Gasteiger partial charge in [-0.25, -0.2) is 4.79 Å². The average Bonchev–Trinajstić information content (AvgIpc) is 3.15. The van der Waals surface area contributed by atoms with Crippen LogP contribution in [0.15, 0.2) is 82.5 Å². The molecule has 1 aliphatic rings. The number of alkyl halides is 2. The second kappa shape index (κ2) is 11.6. The zero-order valence-electron chi connectivity index (χ0n) is 26.5. The van der Waals surface area contributed by atoms with Crippen LogP contribution in [-0.4, -0.2) is 50.4 Å². The van der Waals surface area contributed by atoms with Crippen molar-refractivity contribution < 1.29 is 22.4 Å². The third-order valence-electron chi connectivity index (χ3n) is 8.86.